The number of carbonyl (C=O) groups excluding carboxylic acids is 1. The molecule has 0 aliphatic rings. The van der Waals surface area contributed by atoms with Crippen molar-refractivity contribution < 1.29 is 23.8 Å². The van der Waals surface area contributed by atoms with Crippen molar-refractivity contribution in [3.05, 3.63) is 65.5 Å². The predicted molar refractivity (Wildman–Crippen MR) is 96.7 cm³/mol. The summed E-state index contributed by atoms with van der Waals surface area (Å²) in [4.78, 5) is 11.7. The summed E-state index contributed by atoms with van der Waals surface area (Å²) in [7, 11) is 0. The number of nitrogens with one attached hydrogen (secondary N) is 1. The molecule has 0 spiro atoms. The second kappa shape index (κ2) is 9.89. The summed E-state index contributed by atoms with van der Waals surface area (Å²) in [6.45, 7) is 4.16. The maximum Gasteiger partial charge on any atom is 0.338 e. The highest BCUT2D eigenvalue weighted by atomic mass is 19.1. The predicted octanol–water partition coefficient (Wildman–Crippen LogP) is 3.09. The van der Waals surface area contributed by atoms with Crippen LogP contribution in [-0.4, -0.2) is 36.9 Å². The lowest BCUT2D eigenvalue weighted by atomic mass is 10.1. The van der Waals surface area contributed by atoms with E-state index in [4.69, 9.17) is 9.47 Å². The largest absolute Gasteiger partial charge is 0.491 e. The minimum Gasteiger partial charge on any atom is -0.491 e. The minimum atomic E-state index is -0.782. The number of benzene rings is 2. The van der Waals surface area contributed by atoms with Crippen LogP contribution in [0.3, 0.4) is 0 Å². The molecule has 2 N–H and O–H groups in total. The number of aliphatic hydroxyl groups is 1. The third-order valence-electron chi connectivity index (χ3n) is 3.82. The van der Waals surface area contributed by atoms with Crippen molar-refractivity contribution in [2.45, 2.75) is 26.0 Å². The normalized spacial score (nSPS) is 13.1. The van der Waals surface area contributed by atoms with Gasteiger partial charge in [-0.1, -0.05) is 24.3 Å². The first-order valence-electron chi connectivity index (χ1n) is 8.57. The number of aliphatic hydroxyl groups excluding tert-OH is 1. The second-order valence-electron chi connectivity index (χ2n) is 5.86. The SMILES string of the molecule is CCOC(=O)c1cccc(OC[C@H](O)CN[C@H](C)c2ccccc2F)c1. The van der Waals surface area contributed by atoms with Crippen molar-refractivity contribution in [2.75, 3.05) is 19.8 Å². The molecule has 140 valence electrons. The van der Waals surface area contributed by atoms with Gasteiger partial charge in [-0.2, -0.15) is 0 Å². The molecule has 0 aromatic heterocycles. The van der Waals surface area contributed by atoms with E-state index in [0.717, 1.165) is 0 Å². The van der Waals surface area contributed by atoms with Gasteiger partial charge in [0.05, 0.1) is 12.2 Å². The van der Waals surface area contributed by atoms with Crippen LogP contribution in [0.4, 0.5) is 4.39 Å². The highest BCUT2D eigenvalue weighted by molar-refractivity contribution is 5.89. The molecule has 0 radical (unpaired) electrons. The first kappa shape index (κ1) is 19.9. The Morgan fingerprint density at radius 2 is 2.00 bits per heavy atom. The van der Waals surface area contributed by atoms with E-state index in [1.165, 1.54) is 6.07 Å². The number of carbonyl (C=O) groups is 1. The van der Waals surface area contributed by atoms with E-state index in [1.54, 1.807) is 49.4 Å². The van der Waals surface area contributed by atoms with E-state index in [0.29, 0.717) is 23.5 Å². The zero-order chi connectivity index (χ0) is 18.9. The molecule has 0 heterocycles. The summed E-state index contributed by atoms with van der Waals surface area (Å²) in [5.74, 6) is -0.232. The molecule has 0 fully saturated rings. The third kappa shape index (κ3) is 5.82. The Hall–Kier alpha value is -2.44. The number of rotatable bonds is 9. The third-order valence-corrected chi connectivity index (χ3v) is 3.82. The monoisotopic (exact) mass is 361 g/mol. The van der Waals surface area contributed by atoms with Crippen molar-refractivity contribution in [1.82, 2.24) is 5.32 Å². The van der Waals surface area contributed by atoms with Gasteiger partial charge in [0.1, 0.15) is 24.3 Å². The van der Waals surface area contributed by atoms with Gasteiger partial charge in [0, 0.05) is 18.2 Å². The molecule has 6 heteroatoms. The van der Waals surface area contributed by atoms with Crippen molar-refractivity contribution in [2.24, 2.45) is 0 Å². The van der Waals surface area contributed by atoms with Crippen LogP contribution in [-0.2, 0) is 4.74 Å². The number of hydrogen-bond acceptors (Lipinski definition) is 5. The zero-order valence-corrected chi connectivity index (χ0v) is 14.9. The summed E-state index contributed by atoms with van der Waals surface area (Å²) in [6, 6.07) is 12.9. The fourth-order valence-electron chi connectivity index (χ4n) is 2.43. The maximum absolute atomic E-state index is 13.7. The first-order valence-corrected chi connectivity index (χ1v) is 8.57. The highest BCUT2D eigenvalue weighted by Gasteiger charge is 2.13. The van der Waals surface area contributed by atoms with Crippen LogP contribution in [0.5, 0.6) is 5.75 Å². The van der Waals surface area contributed by atoms with Gasteiger partial charge in [0.25, 0.3) is 0 Å². The maximum atomic E-state index is 13.7. The van der Waals surface area contributed by atoms with E-state index in [1.807, 2.05) is 6.92 Å². The molecule has 0 saturated carbocycles. The first-order chi connectivity index (χ1) is 12.5. The molecular formula is C20H24FNO4. The highest BCUT2D eigenvalue weighted by Crippen LogP contribution is 2.16. The molecule has 0 unspecified atom stereocenters. The van der Waals surface area contributed by atoms with Crippen molar-refractivity contribution in [3.8, 4) is 5.75 Å². The number of ether oxygens (including phenoxy) is 2. The molecule has 0 saturated heterocycles. The summed E-state index contributed by atoms with van der Waals surface area (Å²) < 4.78 is 24.2. The van der Waals surface area contributed by atoms with Gasteiger partial charge in [-0.05, 0) is 38.1 Å². The van der Waals surface area contributed by atoms with E-state index in [9.17, 15) is 14.3 Å². The topological polar surface area (TPSA) is 67.8 Å². The molecule has 2 aromatic rings. The van der Waals surface area contributed by atoms with Crippen LogP contribution >= 0.6 is 0 Å². The minimum absolute atomic E-state index is 0.0449. The lowest BCUT2D eigenvalue weighted by Gasteiger charge is -2.18. The van der Waals surface area contributed by atoms with Gasteiger partial charge in [-0.25, -0.2) is 9.18 Å². The van der Waals surface area contributed by atoms with Gasteiger partial charge in [0.2, 0.25) is 0 Å². The Labute approximate surface area is 152 Å². The Bertz CT molecular complexity index is 722. The molecule has 2 atom stereocenters. The van der Waals surface area contributed by atoms with E-state index >= 15 is 0 Å². The molecule has 26 heavy (non-hydrogen) atoms. The molecular weight excluding hydrogens is 337 g/mol. The number of esters is 1. The van der Waals surface area contributed by atoms with Gasteiger partial charge >= 0.3 is 5.97 Å². The Morgan fingerprint density at radius 1 is 1.23 bits per heavy atom. The fourth-order valence-corrected chi connectivity index (χ4v) is 2.43. The van der Waals surface area contributed by atoms with Crippen molar-refractivity contribution in [1.29, 1.82) is 0 Å². The Balaban J connectivity index is 1.82. The average molecular weight is 361 g/mol. The summed E-state index contributed by atoms with van der Waals surface area (Å²) in [5.41, 5.74) is 0.938. The lowest BCUT2D eigenvalue weighted by molar-refractivity contribution is 0.0525. The molecule has 0 bridgehead atoms. The van der Waals surface area contributed by atoms with Crippen LogP contribution in [0, 0.1) is 5.82 Å². The fraction of sp³-hybridized carbons (Fsp3) is 0.350. The van der Waals surface area contributed by atoms with Gasteiger partial charge in [-0.15, -0.1) is 0 Å². The molecule has 5 nitrogen and oxygen atoms in total. The summed E-state index contributed by atoms with van der Waals surface area (Å²) in [5, 5.41) is 13.1. The molecule has 2 aromatic carbocycles. The van der Waals surface area contributed by atoms with E-state index in [-0.39, 0.29) is 25.0 Å². The average Bonchev–Trinajstić information content (AvgIpc) is 2.65. The van der Waals surface area contributed by atoms with Gasteiger partial charge < -0.3 is 19.9 Å². The zero-order valence-electron chi connectivity index (χ0n) is 14.9. The van der Waals surface area contributed by atoms with Crippen LogP contribution in [0.25, 0.3) is 0 Å². The van der Waals surface area contributed by atoms with Crippen LogP contribution in [0.1, 0.15) is 35.8 Å². The quantitative estimate of drug-likeness (QED) is 0.672. The van der Waals surface area contributed by atoms with E-state index < -0.39 is 12.1 Å². The van der Waals surface area contributed by atoms with Crippen molar-refractivity contribution >= 4 is 5.97 Å². The van der Waals surface area contributed by atoms with Gasteiger partial charge in [-0.3, -0.25) is 0 Å². The summed E-state index contributed by atoms with van der Waals surface area (Å²) in [6.07, 6.45) is -0.782. The standard InChI is InChI=1S/C20H24FNO4/c1-3-25-20(24)15-7-6-8-17(11-15)26-13-16(23)12-22-14(2)18-9-4-5-10-19(18)21/h4-11,14,16,22-23H,3,12-13H2,1-2H3/t14-,16-/m1/s1. The van der Waals surface area contributed by atoms with Crippen LogP contribution in [0.2, 0.25) is 0 Å². The molecule has 0 aliphatic carbocycles. The van der Waals surface area contributed by atoms with Crippen molar-refractivity contribution in [3.63, 3.8) is 0 Å². The van der Waals surface area contributed by atoms with Crippen LogP contribution < -0.4 is 10.1 Å². The smallest absolute Gasteiger partial charge is 0.338 e. The van der Waals surface area contributed by atoms with E-state index in [2.05, 4.69) is 5.32 Å². The second-order valence-corrected chi connectivity index (χ2v) is 5.86. The lowest BCUT2D eigenvalue weighted by Crippen LogP contribution is -2.33. The Kier molecular flexibility index (Phi) is 7.56. The number of halogens is 1. The molecule has 0 aliphatic heterocycles. The molecule has 2 rings (SSSR count). The van der Waals surface area contributed by atoms with Crippen LogP contribution in [0.15, 0.2) is 48.5 Å². The van der Waals surface area contributed by atoms with Gasteiger partial charge in [0.15, 0.2) is 0 Å². The molecule has 0 amide bonds. The Morgan fingerprint density at radius 3 is 2.73 bits per heavy atom. The number of hydrogen-bond donors (Lipinski definition) is 2. The summed E-state index contributed by atoms with van der Waals surface area (Å²) >= 11 is 0.